The molecule has 25 heavy (non-hydrogen) atoms. The second kappa shape index (κ2) is 8.97. The van der Waals surface area contributed by atoms with Crippen LogP contribution in [-0.2, 0) is 4.74 Å². The Hall–Kier alpha value is -1.17. The van der Waals surface area contributed by atoms with Gasteiger partial charge in [-0.2, -0.15) is 0 Å². The summed E-state index contributed by atoms with van der Waals surface area (Å²) in [4.78, 5) is 2.64. The first kappa shape index (κ1) is 18.6. The molecule has 2 saturated heterocycles. The maximum absolute atomic E-state index is 5.50. The van der Waals surface area contributed by atoms with E-state index >= 15 is 0 Å². The van der Waals surface area contributed by atoms with Crippen molar-refractivity contribution in [3.8, 4) is 0 Å². The Balaban J connectivity index is 1.41. The van der Waals surface area contributed by atoms with Gasteiger partial charge in [0.2, 0.25) is 0 Å². The second-order valence-electron chi connectivity index (χ2n) is 7.53. The highest BCUT2D eigenvalue weighted by atomic mass is 32.1. The van der Waals surface area contributed by atoms with Crippen molar-refractivity contribution in [2.24, 2.45) is 0 Å². The van der Waals surface area contributed by atoms with Gasteiger partial charge in [0.05, 0.1) is 0 Å². The number of rotatable bonds is 4. The molecule has 0 saturated carbocycles. The van der Waals surface area contributed by atoms with Gasteiger partial charge in [-0.25, -0.2) is 0 Å². The molecule has 0 radical (unpaired) electrons. The fourth-order valence-electron chi connectivity index (χ4n) is 3.76. The summed E-state index contributed by atoms with van der Waals surface area (Å²) in [5, 5.41) is 7.56. The Bertz CT molecular complexity index is 547. The predicted molar refractivity (Wildman–Crippen MR) is 108 cm³/mol. The molecule has 4 nitrogen and oxygen atoms in total. The van der Waals surface area contributed by atoms with Crippen molar-refractivity contribution in [1.29, 1.82) is 0 Å². The van der Waals surface area contributed by atoms with E-state index in [0.717, 1.165) is 56.0 Å². The van der Waals surface area contributed by atoms with Gasteiger partial charge in [0.1, 0.15) is 0 Å². The number of hydrogen-bond donors (Lipinski definition) is 2. The number of nitrogens with zero attached hydrogens (tertiary/aromatic N) is 1. The molecule has 5 heteroatoms. The van der Waals surface area contributed by atoms with E-state index in [1.165, 1.54) is 18.4 Å². The number of hydrogen-bond acceptors (Lipinski definition) is 3. The number of nitrogens with one attached hydrogen (secondary N) is 2. The van der Waals surface area contributed by atoms with E-state index in [9.17, 15) is 0 Å². The third-order valence-corrected chi connectivity index (χ3v) is 5.63. The van der Waals surface area contributed by atoms with Crippen LogP contribution in [0.3, 0.4) is 0 Å². The molecule has 0 unspecified atom stereocenters. The minimum atomic E-state index is 0.478. The fourth-order valence-corrected chi connectivity index (χ4v) is 4.05. The zero-order valence-corrected chi connectivity index (χ0v) is 16.3. The van der Waals surface area contributed by atoms with Gasteiger partial charge in [-0.3, -0.25) is 0 Å². The number of likely N-dealkylation sites (tertiary alicyclic amines) is 1. The molecule has 2 aliphatic heterocycles. The lowest BCUT2D eigenvalue weighted by atomic mass is 10.00. The zero-order valence-electron chi connectivity index (χ0n) is 15.5. The lowest BCUT2D eigenvalue weighted by Crippen LogP contribution is -2.49. The summed E-state index contributed by atoms with van der Waals surface area (Å²) in [6.07, 6.45) is 4.69. The molecule has 0 aliphatic carbocycles. The smallest absolute Gasteiger partial charge is 0.170 e. The van der Waals surface area contributed by atoms with Crippen LogP contribution in [0.5, 0.6) is 0 Å². The van der Waals surface area contributed by atoms with Gasteiger partial charge in [0, 0.05) is 44.1 Å². The summed E-state index contributed by atoms with van der Waals surface area (Å²) in [6.45, 7) is 8.59. The molecule has 0 bridgehead atoms. The summed E-state index contributed by atoms with van der Waals surface area (Å²) >= 11 is 5.50. The van der Waals surface area contributed by atoms with Crippen molar-refractivity contribution >= 4 is 23.0 Å². The van der Waals surface area contributed by atoms with Crippen LogP contribution >= 0.6 is 12.2 Å². The average molecular weight is 362 g/mol. The molecule has 0 aromatic heterocycles. The van der Waals surface area contributed by atoms with Gasteiger partial charge in [-0.1, -0.05) is 26.0 Å². The van der Waals surface area contributed by atoms with Crippen LogP contribution in [0.4, 0.5) is 5.69 Å². The minimum Gasteiger partial charge on any atom is -0.381 e. The van der Waals surface area contributed by atoms with Crippen LogP contribution in [0.2, 0.25) is 0 Å². The van der Waals surface area contributed by atoms with Gasteiger partial charge < -0.3 is 20.3 Å². The van der Waals surface area contributed by atoms with Gasteiger partial charge in [-0.05, 0) is 61.5 Å². The topological polar surface area (TPSA) is 36.5 Å². The van der Waals surface area contributed by atoms with E-state index in [4.69, 9.17) is 17.0 Å². The summed E-state index contributed by atoms with van der Waals surface area (Å²) in [6, 6.07) is 9.75. The number of benzene rings is 1. The molecule has 3 rings (SSSR count). The third kappa shape index (κ3) is 5.40. The van der Waals surface area contributed by atoms with Crippen LogP contribution in [0.25, 0.3) is 0 Å². The second-order valence-corrected chi connectivity index (χ2v) is 7.94. The average Bonchev–Trinajstić information content (AvgIpc) is 2.63. The molecule has 1 aromatic carbocycles. The van der Waals surface area contributed by atoms with Crippen LogP contribution in [-0.4, -0.2) is 48.4 Å². The maximum atomic E-state index is 5.50. The first-order chi connectivity index (χ1) is 12.1. The molecule has 138 valence electrons. The van der Waals surface area contributed by atoms with Crippen LogP contribution in [0, 0.1) is 0 Å². The predicted octanol–water partition coefficient (Wildman–Crippen LogP) is 3.74. The lowest BCUT2D eigenvalue weighted by molar-refractivity contribution is 0.0247. The first-order valence-electron chi connectivity index (χ1n) is 9.61. The summed E-state index contributed by atoms with van der Waals surface area (Å²) in [5.41, 5.74) is 2.41. The molecule has 1 aromatic rings. The first-order valence-corrected chi connectivity index (χ1v) is 10.0. The highest BCUT2D eigenvalue weighted by Crippen LogP contribution is 2.20. The minimum absolute atomic E-state index is 0.478. The van der Waals surface area contributed by atoms with E-state index in [0.29, 0.717) is 12.0 Å². The molecule has 2 N–H and O–H groups in total. The van der Waals surface area contributed by atoms with Crippen molar-refractivity contribution < 1.29 is 4.74 Å². The Morgan fingerprint density at radius 1 is 1.08 bits per heavy atom. The molecule has 2 fully saturated rings. The van der Waals surface area contributed by atoms with Crippen LogP contribution in [0.1, 0.15) is 51.0 Å². The molecular formula is C20H31N3OS. The summed E-state index contributed by atoms with van der Waals surface area (Å²) < 4.78 is 5.48. The zero-order chi connectivity index (χ0) is 17.6. The Morgan fingerprint density at radius 2 is 1.72 bits per heavy atom. The molecule has 0 amide bonds. The van der Waals surface area contributed by atoms with Crippen molar-refractivity contribution in [2.75, 3.05) is 31.6 Å². The van der Waals surface area contributed by atoms with E-state index in [2.05, 4.69) is 53.6 Å². The SMILES string of the molecule is CC(C)c1ccc(NC(=S)NC2CCN(C3CCOCC3)CC2)cc1. The van der Waals surface area contributed by atoms with Crippen molar-refractivity contribution in [3.05, 3.63) is 29.8 Å². The van der Waals surface area contributed by atoms with Gasteiger partial charge in [0.15, 0.2) is 5.11 Å². The largest absolute Gasteiger partial charge is 0.381 e. The number of ether oxygens (including phenoxy) is 1. The Kier molecular flexibility index (Phi) is 6.68. The summed E-state index contributed by atoms with van der Waals surface area (Å²) in [5.74, 6) is 0.556. The molecule has 2 heterocycles. The number of thiocarbonyl (C=S) groups is 1. The highest BCUT2D eigenvalue weighted by molar-refractivity contribution is 7.80. The highest BCUT2D eigenvalue weighted by Gasteiger charge is 2.26. The van der Waals surface area contributed by atoms with Gasteiger partial charge >= 0.3 is 0 Å². The normalized spacial score (nSPS) is 20.6. The Labute approximate surface area is 157 Å². The lowest BCUT2D eigenvalue weighted by Gasteiger charge is -2.39. The van der Waals surface area contributed by atoms with E-state index < -0.39 is 0 Å². The van der Waals surface area contributed by atoms with Crippen molar-refractivity contribution in [3.63, 3.8) is 0 Å². The van der Waals surface area contributed by atoms with Crippen LogP contribution in [0.15, 0.2) is 24.3 Å². The molecule has 2 aliphatic rings. The van der Waals surface area contributed by atoms with E-state index in [-0.39, 0.29) is 0 Å². The molecule has 0 atom stereocenters. The monoisotopic (exact) mass is 361 g/mol. The van der Waals surface area contributed by atoms with Crippen LogP contribution < -0.4 is 10.6 Å². The van der Waals surface area contributed by atoms with E-state index in [1.54, 1.807) is 0 Å². The fraction of sp³-hybridized carbons (Fsp3) is 0.650. The van der Waals surface area contributed by atoms with E-state index in [1.807, 2.05) is 0 Å². The molecule has 0 spiro atoms. The standard InChI is InChI=1S/C20H31N3OS/c1-15(2)16-3-5-17(6-4-16)21-20(25)22-18-7-11-23(12-8-18)19-9-13-24-14-10-19/h3-6,15,18-19H,7-14H2,1-2H3,(H2,21,22,25). The van der Waals surface area contributed by atoms with Crippen molar-refractivity contribution in [1.82, 2.24) is 10.2 Å². The van der Waals surface area contributed by atoms with Gasteiger partial charge in [0.25, 0.3) is 0 Å². The van der Waals surface area contributed by atoms with Crippen molar-refractivity contribution in [2.45, 2.75) is 57.5 Å². The molecular weight excluding hydrogens is 330 g/mol. The quantitative estimate of drug-likeness (QED) is 0.799. The number of piperidine rings is 1. The van der Waals surface area contributed by atoms with Gasteiger partial charge in [-0.15, -0.1) is 0 Å². The third-order valence-electron chi connectivity index (χ3n) is 5.41. The number of anilines is 1. The maximum Gasteiger partial charge on any atom is 0.170 e. The Morgan fingerprint density at radius 3 is 2.32 bits per heavy atom. The summed E-state index contributed by atoms with van der Waals surface area (Å²) in [7, 11) is 0.